The quantitative estimate of drug-likeness (QED) is 0.904. The van der Waals surface area contributed by atoms with Crippen LogP contribution in [0.3, 0.4) is 0 Å². The van der Waals surface area contributed by atoms with Gasteiger partial charge in [0, 0.05) is 43.4 Å². The molecular formula is C14H17N3O3S. The molecule has 0 amide bonds. The standard InChI is InChI=1S/C14H17N3O3S/c1-11(2)17(10-12-4-3-6-15-8-12)21(19,20)14-9-16-7-5-13(14)18/h3-9,11H,10H2,1-2H3,(H,16,18). The van der Waals surface area contributed by atoms with E-state index >= 15 is 0 Å². The number of aromatic amines is 1. The van der Waals surface area contributed by atoms with Crippen molar-refractivity contribution < 1.29 is 8.42 Å². The topological polar surface area (TPSA) is 83.1 Å². The molecule has 0 fully saturated rings. The predicted octanol–water partition coefficient (Wildman–Crippen LogP) is 1.37. The molecule has 0 aliphatic heterocycles. The van der Waals surface area contributed by atoms with Gasteiger partial charge in [0.1, 0.15) is 4.90 Å². The third-order valence-corrected chi connectivity index (χ3v) is 5.06. The second-order valence-corrected chi connectivity index (χ2v) is 6.74. The second-order valence-electron chi connectivity index (χ2n) is 4.88. The summed E-state index contributed by atoms with van der Waals surface area (Å²) in [5, 5.41) is 0. The minimum Gasteiger partial charge on any atom is -0.366 e. The summed E-state index contributed by atoms with van der Waals surface area (Å²) < 4.78 is 26.7. The van der Waals surface area contributed by atoms with Crippen molar-refractivity contribution in [2.45, 2.75) is 31.3 Å². The molecule has 0 aliphatic rings. The molecule has 0 aliphatic carbocycles. The van der Waals surface area contributed by atoms with Crippen LogP contribution in [0, 0.1) is 0 Å². The summed E-state index contributed by atoms with van der Waals surface area (Å²) in [6.07, 6.45) is 5.86. The largest absolute Gasteiger partial charge is 0.366 e. The molecule has 0 saturated heterocycles. The van der Waals surface area contributed by atoms with Gasteiger partial charge in [-0.2, -0.15) is 4.31 Å². The Kier molecular flexibility index (Phi) is 4.54. The second kappa shape index (κ2) is 6.19. The molecule has 0 radical (unpaired) electrons. The number of hydrogen-bond donors (Lipinski definition) is 1. The molecule has 0 atom stereocenters. The number of aromatic nitrogens is 2. The lowest BCUT2D eigenvalue weighted by Gasteiger charge is -2.25. The van der Waals surface area contributed by atoms with Crippen LogP contribution in [0.15, 0.2) is 52.7 Å². The van der Waals surface area contributed by atoms with E-state index in [1.165, 1.54) is 22.8 Å². The highest BCUT2D eigenvalue weighted by atomic mass is 32.2. The van der Waals surface area contributed by atoms with Crippen LogP contribution in [0.4, 0.5) is 0 Å². The average molecular weight is 307 g/mol. The van der Waals surface area contributed by atoms with Crippen molar-refractivity contribution in [2.24, 2.45) is 0 Å². The summed E-state index contributed by atoms with van der Waals surface area (Å²) in [5.41, 5.74) is 0.243. The normalized spacial score (nSPS) is 12.0. The van der Waals surface area contributed by atoms with Gasteiger partial charge in [-0.3, -0.25) is 9.78 Å². The fraction of sp³-hybridized carbons (Fsp3) is 0.286. The molecule has 2 heterocycles. The van der Waals surface area contributed by atoms with Gasteiger partial charge in [0.15, 0.2) is 0 Å². The molecule has 1 N–H and O–H groups in total. The van der Waals surface area contributed by atoms with E-state index in [2.05, 4.69) is 9.97 Å². The molecule has 2 aromatic heterocycles. The Labute approximate surface area is 123 Å². The van der Waals surface area contributed by atoms with Gasteiger partial charge in [0.25, 0.3) is 0 Å². The van der Waals surface area contributed by atoms with Crippen LogP contribution in [0.1, 0.15) is 19.4 Å². The van der Waals surface area contributed by atoms with E-state index < -0.39 is 15.5 Å². The van der Waals surface area contributed by atoms with Crippen molar-refractivity contribution >= 4 is 10.0 Å². The first-order chi connectivity index (χ1) is 9.93. The van der Waals surface area contributed by atoms with Gasteiger partial charge in [0.05, 0.1) is 0 Å². The van der Waals surface area contributed by atoms with E-state index in [0.717, 1.165) is 5.56 Å². The predicted molar refractivity (Wildman–Crippen MR) is 79.2 cm³/mol. The van der Waals surface area contributed by atoms with E-state index in [1.807, 2.05) is 0 Å². The first-order valence-electron chi connectivity index (χ1n) is 6.51. The van der Waals surface area contributed by atoms with Crippen molar-refractivity contribution in [1.29, 1.82) is 0 Å². The Bertz CT molecular complexity index is 754. The maximum absolute atomic E-state index is 12.7. The lowest BCUT2D eigenvalue weighted by molar-refractivity contribution is 0.347. The van der Waals surface area contributed by atoms with Crippen LogP contribution >= 0.6 is 0 Å². The van der Waals surface area contributed by atoms with E-state index in [1.54, 1.807) is 38.4 Å². The van der Waals surface area contributed by atoms with Crippen molar-refractivity contribution in [3.8, 4) is 0 Å². The lowest BCUT2D eigenvalue weighted by atomic mass is 10.2. The Balaban J connectivity index is 2.43. The highest BCUT2D eigenvalue weighted by Gasteiger charge is 2.29. The molecule has 0 unspecified atom stereocenters. The molecule has 112 valence electrons. The molecule has 0 aromatic carbocycles. The van der Waals surface area contributed by atoms with Gasteiger partial charge in [-0.05, 0) is 25.5 Å². The van der Waals surface area contributed by atoms with Crippen LogP contribution in [0.5, 0.6) is 0 Å². The lowest BCUT2D eigenvalue weighted by Crippen LogP contribution is -2.38. The minimum absolute atomic E-state index is 0.169. The van der Waals surface area contributed by atoms with Crippen LogP contribution in [0.2, 0.25) is 0 Å². The highest BCUT2D eigenvalue weighted by molar-refractivity contribution is 7.89. The number of sulfonamides is 1. The van der Waals surface area contributed by atoms with E-state index in [4.69, 9.17) is 0 Å². The molecule has 0 bridgehead atoms. The molecule has 0 saturated carbocycles. The first-order valence-corrected chi connectivity index (χ1v) is 7.95. The minimum atomic E-state index is -3.87. The number of pyridine rings is 2. The Morgan fingerprint density at radius 3 is 2.67 bits per heavy atom. The van der Waals surface area contributed by atoms with Gasteiger partial charge >= 0.3 is 0 Å². The Morgan fingerprint density at radius 1 is 1.33 bits per heavy atom. The monoisotopic (exact) mass is 307 g/mol. The molecule has 21 heavy (non-hydrogen) atoms. The average Bonchev–Trinajstić information content (AvgIpc) is 2.45. The summed E-state index contributed by atoms with van der Waals surface area (Å²) in [4.78, 5) is 18.2. The number of rotatable bonds is 5. The summed E-state index contributed by atoms with van der Waals surface area (Å²) in [6.45, 7) is 3.71. The zero-order valence-corrected chi connectivity index (χ0v) is 12.7. The van der Waals surface area contributed by atoms with Crippen LogP contribution in [0.25, 0.3) is 0 Å². The third kappa shape index (κ3) is 3.37. The zero-order chi connectivity index (χ0) is 15.5. The fourth-order valence-electron chi connectivity index (χ4n) is 1.95. The summed E-state index contributed by atoms with van der Waals surface area (Å²) in [6, 6.07) is 4.47. The maximum atomic E-state index is 12.7. The Hall–Kier alpha value is -1.99. The first kappa shape index (κ1) is 15.4. The molecular weight excluding hydrogens is 290 g/mol. The number of H-pyrrole nitrogens is 1. The number of hydrogen-bond acceptors (Lipinski definition) is 4. The summed E-state index contributed by atoms with van der Waals surface area (Å²) >= 11 is 0. The third-order valence-electron chi connectivity index (χ3n) is 3.01. The number of nitrogens with zero attached hydrogens (tertiary/aromatic N) is 2. The van der Waals surface area contributed by atoms with Crippen LogP contribution in [-0.2, 0) is 16.6 Å². The summed E-state index contributed by atoms with van der Waals surface area (Å²) in [5.74, 6) is 0. The molecule has 6 nitrogen and oxygen atoms in total. The Morgan fingerprint density at radius 2 is 2.10 bits per heavy atom. The molecule has 0 spiro atoms. The van der Waals surface area contributed by atoms with Gasteiger partial charge < -0.3 is 4.98 Å². The van der Waals surface area contributed by atoms with Crippen molar-refractivity contribution in [2.75, 3.05) is 0 Å². The van der Waals surface area contributed by atoms with E-state index in [-0.39, 0.29) is 17.5 Å². The highest BCUT2D eigenvalue weighted by Crippen LogP contribution is 2.17. The molecule has 2 aromatic rings. The SMILES string of the molecule is CC(C)N(Cc1cccnc1)S(=O)(=O)c1c[nH]ccc1=O. The fourth-order valence-corrected chi connectivity index (χ4v) is 3.61. The van der Waals surface area contributed by atoms with Crippen molar-refractivity contribution in [3.63, 3.8) is 0 Å². The summed E-state index contributed by atoms with van der Waals surface area (Å²) in [7, 11) is -3.87. The maximum Gasteiger partial charge on any atom is 0.248 e. The molecule has 7 heteroatoms. The van der Waals surface area contributed by atoms with Gasteiger partial charge in [-0.25, -0.2) is 8.42 Å². The van der Waals surface area contributed by atoms with Crippen LogP contribution in [-0.4, -0.2) is 28.7 Å². The van der Waals surface area contributed by atoms with Gasteiger partial charge in [0.2, 0.25) is 15.5 Å². The van der Waals surface area contributed by atoms with Crippen LogP contribution < -0.4 is 5.43 Å². The van der Waals surface area contributed by atoms with E-state index in [0.29, 0.717) is 0 Å². The van der Waals surface area contributed by atoms with E-state index in [9.17, 15) is 13.2 Å². The zero-order valence-electron chi connectivity index (χ0n) is 11.9. The van der Waals surface area contributed by atoms with Gasteiger partial charge in [-0.1, -0.05) is 6.07 Å². The molecule has 2 rings (SSSR count). The number of nitrogens with one attached hydrogen (secondary N) is 1. The smallest absolute Gasteiger partial charge is 0.248 e. The van der Waals surface area contributed by atoms with Gasteiger partial charge in [-0.15, -0.1) is 0 Å². The van der Waals surface area contributed by atoms with Crippen molar-refractivity contribution in [3.05, 3.63) is 58.8 Å². The van der Waals surface area contributed by atoms with Crippen molar-refractivity contribution in [1.82, 2.24) is 14.3 Å².